The van der Waals surface area contributed by atoms with Gasteiger partial charge >= 0.3 is 0 Å². The number of rotatable bonds is 1. The molecule has 2 unspecified atom stereocenters. The minimum absolute atomic E-state index is 0.191. The predicted molar refractivity (Wildman–Crippen MR) is 69.2 cm³/mol. The number of anilines is 1. The topological polar surface area (TPSA) is 61.4 Å². The van der Waals surface area contributed by atoms with Crippen molar-refractivity contribution in [2.75, 3.05) is 11.9 Å². The van der Waals surface area contributed by atoms with Crippen LogP contribution in [0, 0.1) is 0 Å². The van der Waals surface area contributed by atoms with Crippen LogP contribution in [0.1, 0.15) is 31.2 Å². The van der Waals surface area contributed by atoms with Gasteiger partial charge in [-0.2, -0.15) is 0 Å². The maximum atomic E-state index is 12.2. The van der Waals surface area contributed by atoms with E-state index >= 15 is 0 Å². The van der Waals surface area contributed by atoms with Gasteiger partial charge in [-0.25, -0.2) is 0 Å². The molecule has 0 saturated carbocycles. The van der Waals surface area contributed by atoms with Gasteiger partial charge in [0.1, 0.15) is 0 Å². The van der Waals surface area contributed by atoms with Gasteiger partial charge in [0, 0.05) is 17.3 Å². The van der Waals surface area contributed by atoms with Crippen LogP contribution in [0.3, 0.4) is 0 Å². The van der Waals surface area contributed by atoms with E-state index in [1.54, 1.807) is 0 Å². The van der Waals surface area contributed by atoms with E-state index in [0.717, 1.165) is 37.9 Å². The number of hydrogen-bond donors (Lipinski definition) is 3. The molecule has 0 bridgehead atoms. The molecule has 1 saturated heterocycles. The summed E-state index contributed by atoms with van der Waals surface area (Å²) < 4.78 is 0. The Hall–Kier alpha value is -1.39. The number of amides is 1. The van der Waals surface area contributed by atoms with Crippen molar-refractivity contribution >= 4 is 11.6 Å². The molecule has 0 radical (unpaired) electrons. The smallest absolute Gasteiger partial charge is 0.262 e. The summed E-state index contributed by atoms with van der Waals surface area (Å²) in [7, 11) is 0. The second-order valence-corrected chi connectivity index (χ2v) is 5.12. The molecule has 18 heavy (non-hydrogen) atoms. The fraction of sp³-hybridized carbons (Fsp3) is 0.500. The predicted octanol–water partition coefficient (Wildman–Crippen LogP) is 1.36. The van der Waals surface area contributed by atoms with Crippen LogP contribution in [0.25, 0.3) is 0 Å². The largest absolute Gasteiger partial charge is 0.374 e. The summed E-state index contributed by atoms with van der Waals surface area (Å²) in [4.78, 5) is 12.2. The second-order valence-electron chi connectivity index (χ2n) is 5.12. The fourth-order valence-corrected chi connectivity index (χ4v) is 3.00. The first kappa shape index (κ1) is 11.7. The molecular weight excluding hydrogens is 228 g/mol. The molecule has 4 heteroatoms. The van der Waals surface area contributed by atoms with E-state index in [9.17, 15) is 9.90 Å². The molecule has 3 rings (SSSR count). The minimum atomic E-state index is -1.42. The Morgan fingerprint density at radius 2 is 2.06 bits per heavy atom. The lowest BCUT2D eigenvalue weighted by Crippen LogP contribution is -2.52. The average molecular weight is 246 g/mol. The molecule has 0 aliphatic carbocycles. The highest BCUT2D eigenvalue weighted by atomic mass is 16.3. The quantitative estimate of drug-likeness (QED) is 0.701. The van der Waals surface area contributed by atoms with Gasteiger partial charge in [0.25, 0.3) is 5.91 Å². The van der Waals surface area contributed by atoms with E-state index in [-0.39, 0.29) is 11.9 Å². The van der Waals surface area contributed by atoms with Gasteiger partial charge in [-0.1, -0.05) is 31.0 Å². The lowest BCUT2D eigenvalue weighted by Gasteiger charge is -2.30. The first-order chi connectivity index (χ1) is 8.73. The van der Waals surface area contributed by atoms with Gasteiger partial charge < -0.3 is 15.7 Å². The third-order valence-corrected chi connectivity index (χ3v) is 4.00. The van der Waals surface area contributed by atoms with E-state index in [4.69, 9.17) is 0 Å². The molecule has 1 amide bonds. The Labute approximate surface area is 106 Å². The van der Waals surface area contributed by atoms with Gasteiger partial charge in [0.15, 0.2) is 5.60 Å². The maximum absolute atomic E-state index is 12.2. The molecule has 3 N–H and O–H groups in total. The summed E-state index contributed by atoms with van der Waals surface area (Å²) in [5.41, 5.74) is 0.0199. The Kier molecular flexibility index (Phi) is 2.84. The van der Waals surface area contributed by atoms with E-state index in [0.29, 0.717) is 5.56 Å². The van der Waals surface area contributed by atoms with Crippen molar-refractivity contribution < 1.29 is 9.90 Å². The SMILES string of the molecule is O=C1Nc2ccccc2C1(O)C1CCCCCN1. The van der Waals surface area contributed by atoms with Gasteiger partial charge in [0.05, 0.1) is 0 Å². The van der Waals surface area contributed by atoms with Crippen molar-refractivity contribution in [3.8, 4) is 0 Å². The normalized spacial score (nSPS) is 31.6. The van der Waals surface area contributed by atoms with Gasteiger partial charge in [-0.05, 0) is 25.5 Å². The molecule has 1 aromatic carbocycles. The molecular formula is C14H18N2O2. The summed E-state index contributed by atoms with van der Waals surface area (Å²) in [6.07, 6.45) is 4.15. The van der Waals surface area contributed by atoms with Gasteiger partial charge in [0.2, 0.25) is 0 Å². The summed E-state index contributed by atoms with van der Waals surface area (Å²) >= 11 is 0. The van der Waals surface area contributed by atoms with Crippen LogP contribution in [0.4, 0.5) is 5.69 Å². The van der Waals surface area contributed by atoms with Crippen molar-refractivity contribution in [1.82, 2.24) is 5.32 Å². The van der Waals surface area contributed by atoms with E-state index in [1.807, 2.05) is 24.3 Å². The number of aliphatic hydroxyl groups is 1. The number of carbonyl (C=O) groups excluding carboxylic acids is 1. The van der Waals surface area contributed by atoms with Crippen LogP contribution >= 0.6 is 0 Å². The second kappa shape index (κ2) is 4.37. The van der Waals surface area contributed by atoms with Crippen molar-refractivity contribution in [3.63, 3.8) is 0 Å². The summed E-state index contributed by atoms with van der Waals surface area (Å²) in [5.74, 6) is -0.303. The van der Waals surface area contributed by atoms with Crippen molar-refractivity contribution in [1.29, 1.82) is 0 Å². The molecule has 2 aliphatic heterocycles. The van der Waals surface area contributed by atoms with E-state index in [2.05, 4.69) is 10.6 Å². The zero-order chi connectivity index (χ0) is 12.6. The van der Waals surface area contributed by atoms with Crippen LogP contribution in [0.15, 0.2) is 24.3 Å². The summed E-state index contributed by atoms with van der Waals surface area (Å²) in [6, 6.07) is 7.21. The zero-order valence-electron chi connectivity index (χ0n) is 10.3. The van der Waals surface area contributed by atoms with E-state index in [1.165, 1.54) is 0 Å². The number of para-hydroxylation sites is 1. The van der Waals surface area contributed by atoms with Crippen LogP contribution in [-0.2, 0) is 10.4 Å². The van der Waals surface area contributed by atoms with Crippen LogP contribution in [-0.4, -0.2) is 23.6 Å². The highest BCUT2D eigenvalue weighted by Crippen LogP contribution is 2.39. The number of hydrogen-bond acceptors (Lipinski definition) is 3. The lowest BCUT2D eigenvalue weighted by atomic mass is 9.85. The van der Waals surface area contributed by atoms with E-state index < -0.39 is 5.60 Å². The van der Waals surface area contributed by atoms with Gasteiger partial charge in [-0.3, -0.25) is 4.79 Å². The highest BCUT2D eigenvalue weighted by molar-refractivity contribution is 6.05. The van der Waals surface area contributed by atoms with Crippen molar-refractivity contribution in [2.45, 2.75) is 37.3 Å². The average Bonchev–Trinajstić information content (AvgIpc) is 2.61. The molecule has 96 valence electrons. The van der Waals surface area contributed by atoms with Crippen molar-refractivity contribution in [3.05, 3.63) is 29.8 Å². The molecule has 0 spiro atoms. The molecule has 4 nitrogen and oxygen atoms in total. The van der Waals surface area contributed by atoms with Crippen molar-refractivity contribution in [2.24, 2.45) is 0 Å². The Bertz CT molecular complexity index is 467. The Morgan fingerprint density at radius 3 is 2.94 bits per heavy atom. The zero-order valence-corrected chi connectivity index (χ0v) is 10.3. The lowest BCUT2D eigenvalue weighted by molar-refractivity contribution is -0.137. The molecule has 1 fully saturated rings. The molecule has 0 aromatic heterocycles. The Balaban J connectivity index is 2.00. The molecule has 2 atom stereocenters. The first-order valence-electron chi connectivity index (χ1n) is 6.59. The number of nitrogens with one attached hydrogen (secondary N) is 2. The van der Waals surface area contributed by atoms with Crippen LogP contribution < -0.4 is 10.6 Å². The minimum Gasteiger partial charge on any atom is -0.374 e. The molecule has 1 aromatic rings. The summed E-state index contributed by atoms with van der Waals surface area (Å²) in [6.45, 7) is 0.864. The van der Waals surface area contributed by atoms with Gasteiger partial charge in [-0.15, -0.1) is 0 Å². The summed E-state index contributed by atoms with van der Waals surface area (Å²) in [5, 5.41) is 17.0. The van der Waals surface area contributed by atoms with Crippen LogP contribution in [0.5, 0.6) is 0 Å². The first-order valence-corrected chi connectivity index (χ1v) is 6.59. The monoisotopic (exact) mass is 246 g/mol. The Morgan fingerprint density at radius 1 is 1.22 bits per heavy atom. The number of fused-ring (bicyclic) bond motifs is 1. The standard InChI is InChI=1S/C14H18N2O2/c17-13-14(18,12-8-2-1-5-9-15-12)10-6-3-4-7-11(10)16-13/h3-4,6-7,12,15,18H,1-2,5,8-9H2,(H,16,17). The maximum Gasteiger partial charge on any atom is 0.262 e. The number of carbonyl (C=O) groups is 1. The fourth-order valence-electron chi connectivity index (χ4n) is 3.00. The highest BCUT2D eigenvalue weighted by Gasteiger charge is 2.50. The number of benzene rings is 1. The third-order valence-electron chi connectivity index (χ3n) is 4.00. The molecule has 2 heterocycles. The third kappa shape index (κ3) is 1.64. The molecule has 2 aliphatic rings. The van der Waals surface area contributed by atoms with Crippen LogP contribution in [0.2, 0.25) is 0 Å².